The summed E-state index contributed by atoms with van der Waals surface area (Å²) in [4.78, 5) is 4.17. The first-order chi connectivity index (χ1) is 8.45. The average molecular weight is 271 g/mol. The van der Waals surface area contributed by atoms with Crippen molar-refractivity contribution in [1.29, 1.82) is 0 Å². The van der Waals surface area contributed by atoms with Gasteiger partial charge in [-0.1, -0.05) is 16.8 Å². The maximum absolute atomic E-state index is 8.61. The number of nitrogens with two attached hydrogens (primary N) is 1. The van der Waals surface area contributed by atoms with Crippen molar-refractivity contribution < 1.29 is 5.21 Å². The zero-order valence-electron chi connectivity index (χ0n) is 10.9. The minimum absolute atomic E-state index is 0.0550. The molecule has 6 heteroatoms. The lowest BCUT2D eigenvalue weighted by Gasteiger charge is -2.22. The molecular formula is C12H19ClN4O. The lowest BCUT2D eigenvalue weighted by atomic mass is 10.2. The van der Waals surface area contributed by atoms with Crippen LogP contribution in [0.25, 0.3) is 0 Å². The van der Waals surface area contributed by atoms with E-state index in [2.05, 4.69) is 15.0 Å². The van der Waals surface area contributed by atoms with Crippen molar-refractivity contribution in [2.75, 3.05) is 39.1 Å². The maximum Gasteiger partial charge on any atom is 0.170 e. The molecular weight excluding hydrogens is 252 g/mol. The van der Waals surface area contributed by atoms with E-state index in [4.69, 9.17) is 22.5 Å². The molecule has 0 aliphatic carbocycles. The van der Waals surface area contributed by atoms with Crippen LogP contribution in [-0.4, -0.2) is 50.2 Å². The third-order valence-electron chi connectivity index (χ3n) is 2.65. The first-order valence-corrected chi connectivity index (χ1v) is 5.96. The van der Waals surface area contributed by atoms with Crippen LogP contribution in [0.2, 0.25) is 5.02 Å². The van der Waals surface area contributed by atoms with Gasteiger partial charge in [0.2, 0.25) is 0 Å². The molecule has 0 aliphatic heterocycles. The molecule has 1 aromatic carbocycles. The summed E-state index contributed by atoms with van der Waals surface area (Å²) in [5.41, 5.74) is 7.04. The highest BCUT2D eigenvalue weighted by Crippen LogP contribution is 2.25. The molecule has 0 amide bonds. The Hall–Kier alpha value is -1.46. The van der Waals surface area contributed by atoms with Crippen molar-refractivity contribution >= 4 is 23.1 Å². The highest BCUT2D eigenvalue weighted by Gasteiger charge is 2.09. The van der Waals surface area contributed by atoms with Gasteiger partial charge in [-0.05, 0) is 32.3 Å². The number of nitrogens with zero attached hydrogens (tertiary/aromatic N) is 3. The standard InChI is InChI=1S/C12H19ClN4O/c1-16(2)6-7-17(3)11-5-4-9(8-10(11)13)12(14)15-18/h4-5,8,18H,6-7H2,1-3H3,(H2,14,15). The molecule has 0 fully saturated rings. The van der Waals surface area contributed by atoms with E-state index in [1.54, 1.807) is 12.1 Å². The van der Waals surface area contributed by atoms with Crippen molar-refractivity contribution in [1.82, 2.24) is 4.90 Å². The molecule has 5 nitrogen and oxygen atoms in total. The number of rotatable bonds is 5. The molecule has 1 aromatic rings. The Morgan fingerprint density at radius 2 is 2.00 bits per heavy atom. The van der Waals surface area contributed by atoms with Gasteiger partial charge in [0.15, 0.2) is 5.84 Å². The molecule has 0 unspecified atom stereocenters. The normalized spacial score (nSPS) is 11.9. The summed E-state index contributed by atoms with van der Waals surface area (Å²) in [5, 5.41) is 12.1. The van der Waals surface area contributed by atoms with Crippen LogP contribution in [0.1, 0.15) is 5.56 Å². The Bertz CT molecular complexity index is 434. The van der Waals surface area contributed by atoms with Crippen LogP contribution in [-0.2, 0) is 0 Å². The molecule has 0 radical (unpaired) electrons. The summed E-state index contributed by atoms with van der Waals surface area (Å²) in [5.74, 6) is 0.0550. The zero-order valence-corrected chi connectivity index (χ0v) is 11.6. The minimum Gasteiger partial charge on any atom is -0.409 e. The molecule has 0 spiro atoms. The molecule has 0 saturated carbocycles. The van der Waals surface area contributed by atoms with Gasteiger partial charge in [0.1, 0.15) is 0 Å². The molecule has 0 aliphatic rings. The lowest BCUT2D eigenvalue weighted by molar-refractivity contribution is 0.318. The van der Waals surface area contributed by atoms with Gasteiger partial charge in [0.25, 0.3) is 0 Å². The number of amidine groups is 1. The van der Waals surface area contributed by atoms with Gasteiger partial charge in [0, 0.05) is 25.7 Å². The first-order valence-electron chi connectivity index (χ1n) is 5.59. The van der Waals surface area contributed by atoms with Crippen molar-refractivity contribution in [3.63, 3.8) is 0 Å². The summed E-state index contributed by atoms with van der Waals surface area (Å²) >= 11 is 6.19. The first kappa shape index (κ1) is 14.6. The molecule has 0 atom stereocenters. The van der Waals surface area contributed by atoms with Gasteiger partial charge < -0.3 is 20.7 Å². The van der Waals surface area contributed by atoms with Crippen LogP contribution in [0.4, 0.5) is 5.69 Å². The Morgan fingerprint density at radius 3 is 2.50 bits per heavy atom. The SMILES string of the molecule is CN(C)CCN(C)c1ccc(C(N)=NO)cc1Cl. The van der Waals surface area contributed by atoms with Crippen LogP contribution in [0.5, 0.6) is 0 Å². The summed E-state index contributed by atoms with van der Waals surface area (Å²) in [6.45, 7) is 1.81. The summed E-state index contributed by atoms with van der Waals surface area (Å²) < 4.78 is 0. The van der Waals surface area contributed by atoms with E-state index in [9.17, 15) is 0 Å². The van der Waals surface area contributed by atoms with Crippen LogP contribution in [0, 0.1) is 0 Å². The topological polar surface area (TPSA) is 65.1 Å². The van der Waals surface area contributed by atoms with Crippen molar-refractivity contribution in [2.45, 2.75) is 0 Å². The quantitative estimate of drug-likeness (QED) is 0.368. The second-order valence-corrected chi connectivity index (χ2v) is 4.78. The van der Waals surface area contributed by atoms with Gasteiger partial charge in [-0.2, -0.15) is 0 Å². The van der Waals surface area contributed by atoms with E-state index in [0.717, 1.165) is 18.8 Å². The maximum atomic E-state index is 8.61. The molecule has 0 bridgehead atoms. The van der Waals surface area contributed by atoms with E-state index in [1.165, 1.54) is 0 Å². The van der Waals surface area contributed by atoms with Gasteiger partial charge in [0.05, 0.1) is 10.7 Å². The monoisotopic (exact) mass is 270 g/mol. The van der Waals surface area contributed by atoms with Gasteiger partial charge in [-0.3, -0.25) is 0 Å². The number of likely N-dealkylation sites (N-methyl/N-ethyl adjacent to an activating group) is 2. The molecule has 1 rings (SSSR count). The predicted molar refractivity (Wildman–Crippen MR) is 75.8 cm³/mol. The lowest BCUT2D eigenvalue weighted by Crippen LogP contribution is -2.28. The fourth-order valence-corrected chi connectivity index (χ4v) is 1.83. The number of hydrogen-bond donors (Lipinski definition) is 2. The highest BCUT2D eigenvalue weighted by atomic mass is 35.5. The Morgan fingerprint density at radius 1 is 1.33 bits per heavy atom. The second-order valence-electron chi connectivity index (χ2n) is 4.38. The van der Waals surface area contributed by atoms with Crippen molar-refractivity contribution in [3.05, 3.63) is 28.8 Å². The molecule has 3 N–H and O–H groups in total. The fraction of sp³-hybridized carbons (Fsp3) is 0.417. The Balaban J connectivity index is 2.85. The molecule has 100 valence electrons. The molecule has 18 heavy (non-hydrogen) atoms. The zero-order chi connectivity index (χ0) is 13.7. The number of oxime groups is 1. The van der Waals surface area contributed by atoms with Gasteiger partial charge >= 0.3 is 0 Å². The van der Waals surface area contributed by atoms with E-state index >= 15 is 0 Å². The Labute approximate surface area is 112 Å². The molecule has 0 aromatic heterocycles. The largest absolute Gasteiger partial charge is 0.409 e. The summed E-state index contributed by atoms with van der Waals surface area (Å²) in [6.07, 6.45) is 0. The van der Waals surface area contributed by atoms with E-state index < -0.39 is 0 Å². The van der Waals surface area contributed by atoms with Gasteiger partial charge in [-0.15, -0.1) is 0 Å². The third kappa shape index (κ3) is 3.78. The van der Waals surface area contributed by atoms with Gasteiger partial charge in [-0.25, -0.2) is 0 Å². The highest BCUT2D eigenvalue weighted by molar-refractivity contribution is 6.33. The summed E-state index contributed by atoms with van der Waals surface area (Å²) in [6, 6.07) is 5.34. The third-order valence-corrected chi connectivity index (χ3v) is 2.95. The predicted octanol–water partition coefficient (Wildman–Crippen LogP) is 1.43. The van der Waals surface area contributed by atoms with E-state index in [1.807, 2.05) is 27.2 Å². The van der Waals surface area contributed by atoms with Crippen LogP contribution in [0.3, 0.4) is 0 Å². The number of halogens is 1. The second kappa shape index (κ2) is 6.47. The van der Waals surface area contributed by atoms with Crippen LogP contribution < -0.4 is 10.6 Å². The number of hydrogen-bond acceptors (Lipinski definition) is 4. The van der Waals surface area contributed by atoms with E-state index in [-0.39, 0.29) is 5.84 Å². The number of anilines is 1. The minimum atomic E-state index is 0.0550. The van der Waals surface area contributed by atoms with E-state index in [0.29, 0.717) is 10.6 Å². The summed E-state index contributed by atoms with van der Waals surface area (Å²) in [7, 11) is 6.03. The average Bonchev–Trinajstić information content (AvgIpc) is 2.34. The van der Waals surface area contributed by atoms with Crippen LogP contribution in [0.15, 0.2) is 23.4 Å². The Kier molecular flexibility index (Phi) is 5.25. The van der Waals surface area contributed by atoms with Crippen LogP contribution >= 0.6 is 11.6 Å². The van der Waals surface area contributed by atoms with Crippen molar-refractivity contribution in [3.8, 4) is 0 Å². The molecule has 0 saturated heterocycles. The fourth-order valence-electron chi connectivity index (χ4n) is 1.50. The smallest absolute Gasteiger partial charge is 0.170 e. The van der Waals surface area contributed by atoms with Crippen molar-refractivity contribution in [2.24, 2.45) is 10.9 Å². The number of benzene rings is 1. The molecule has 0 heterocycles.